The molecule has 1 aromatic carbocycles. The Morgan fingerprint density at radius 2 is 2.12 bits per heavy atom. The molecular weight excluding hydrogens is 318 g/mol. The van der Waals surface area contributed by atoms with Crippen LogP contribution in [0, 0.1) is 0 Å². The van der Waals surface area contributed by atoms with Gasteiger partial charge in [0, 0.05) is 24.6 Å². The van der Waals surface area contributed by atoms with Crippen molar-refractivity contribution >= 4 is 16.7 Å². The first-order chi connectivity index (χ1) is 12.1. The van der Waals surface area contributed by atoms with Crippen LogP contribution in [0.15, 0.2) is 41.1 Å². The number of aliphatic hydroxyl groups is 1. The van der Waals surface area contributed by atoms with Crippen molar-refractivity contribution in [1.29, 1.82) is 0 Å². The first-order valence-corrected chi connectivity index (χ1v) is 8.51. The Balaban J connectivity index is 1.76. The van der Waals surface area contributed by atoms with Gasteiger partial charge in [-0.15, -0.1) is 0 Å². The molecule has 0 bridgehead atoms. The van der Waals surface area contributed by atoms with Crippen LogP contribution in [-0.4, -0.2) is 35.0 Å². The number of hydrogen-bond acceptors (Lipinski definition) is 6. The molecule has 1 N–H and O–H groups in total. The number of nitrogens with zero attached hydrogens (tertiary/aromatic N) is 3. The van der Waals surface area contributed by atoms with Gasteiger partial charge in [0.2, 0.25) is 0 Å². The summed E-state index contributed by atoms with van der Waals surface area (Å²) in [5.41, 5.74) is 1.80. The molecule has 130 valence electrons. The normalized spacial score (nSPS) is 18.6. The van der Waals surface area contributed by atoms with Crippen molar-refractivity contribution in [3.63, 3.8) is 0 Å². The van der Waals surface area contributed by atoms with Gasteiger partial charge in [-0.25, -0.2) is 9.97 Å². The summed E-state index contributed by atoms with van der Waals surface area (Å²) in [6.45, 7) is 2.48. The smallest absolute Gasteiger partial charge is 0.141 e. The number of benzene rings is 1. The average molecular weight is 339 g/mol. The van der Waals surface area contributed by atoms with E-state index < -0.39 is 6.10 Å². The van der Waals surface area contributed by atoms with Gasteiger partial charge in [0.1, 0.15) is 36.0 Å². The van der Waals surface area contributed by atoms with Crippen molar-refractivity contribution in [2.45, 2.75) is 32.1 Å². The molecule has 3 aromatic rings. The highest BCUT2D eigenvalue weighted by molar-refractivity contribution is 5.92. The number of rotatable bonds is 4. The van der Waals surface area contributed by atoms with E-state index in [0.29, 0.717) is 11.5 Å². The number of hydrogen-bond donors (Lipinski definition) is 1. The van der Waals surface area contributed by atoms with Crippen LogP contribution in [0.25, 0.3) is 22.2 Å². The Hall–Kier alpha value is -2.44. The van der Waals surface area contributed by atoms with Gasteiger partial charge in [-0.1, -0.05) is 0 Å². The molecule has 4 rings (SSSR count). The third-order valence-corrected chi connectivity index (χ3v) is 4.61. The van der Waals surface area contributed by atoms with Gasteiger partial charge in [-0.05, 0) is 50.1 Å². The molecule has 0 radical (unpaired) electrons. The molecule has 2 atom stereocenters. The van der Waals surface area contributed by atoms with Gasteiger partial charge in [-0.3, -0.25) is 0 Å². The summed E-state index contributed by atoms with van der Waals surface area (Å²) in [6.07, 6.45) is 3.07. The number of ether oxygens (including phenoxy) is 1. The van der Waals surface area contributed by atoms with Crippen LogP contribution in [0.3, 0.4) is 0 Å². The van der Waals surface area contributed by atoms with E-state index in [4.69, 9.17) is 9.15 Å². The first kappa shape index (κ1) is 16.1. The predicted octanol–water partition coefficient (Wildman–Crippen LogP) is 3.52. The molecule has 2 unspecified atom stereocenters. The van der Waals surface area contributed by atoms with Crippen LogP contribution >= 0.6 is 0 Å². The van der Waals surface area contributed by atoms with Crippen molar-refractivity contribution in [1.82, 2.24) is 9.97 Å². The molecular formula is C19H21N3O3. The second-order valence-electron chi connectivity index (χ2n) is 6.39. The molecule has 1 fully saturated rings. The van der Waals surface area contributed by atoms with Gasteiger partial charge in [0.05, 0.1) is 5.52 Å². The van der Waals surface area contributed by atoms with Crippen molar-refractivity contribution in [3.05, 3.63) is 42.4 Å². The standard InChI is InChI=1S/C19H21N3O3/c1-12(23)16-7-8-17(25-16)13-5-6-15-14(10-13)19(21-11-20-15)22(2)18-4-3-9-24-18/h5-8,10-12,18,23H,3-4,9H2,1-2H3. The van der Waals surface area contributed by atoms with Crippen molar-refractivity contribution in [2.24, 2.45) is 0 Å². The van der Waals surface area contributed by atoms with Gasteiger partial charge >= 0.3 is 0 Å². The molecule has 0 amide bonds. The Morgan fingerprint density at radius 1 is 1.24 bits per heavy atom. The zero-order chi connectivity index (χ0) is 17.4. The number of furan rings is 1. The maximum absolute atomic E-state index is 9.66. The van der Waals surface area contributed by atoms with Crippen LogP contribution in [0.2, 0.25) is 0 Å². The molecule has 0 aliphatic carbocycles. The van der Waals surface area contributed by atoms with Gasteiger partial charge in [-0.2, -0.15) is 0 Å². The Labute approximate surface area is 146 Å². The SMILES string of the molecule is CC(O)c1ccc(-c2ccc3ncnc(N(C)C4CCCO4)c3c2)o1. The van der Waals surface area contributed by atoms with E-state index in [-0.39, 0.29) is 6.23 Å². The average Bonchev–Trinajstić information content (AvgIpc) is 3.31. The third kappa shape index (κ3) is 2.99. The highest BCUT2D eigenvalue weighted by Gasteiger charge is 2.23. The van der Waals surface area contributed by atoms with Crippen molar-refractivity contribution in [2.75, 3.05) is 18.6 Å². The van der Waals surface area contributed by atoms with Crippen LogP contribution in [0.5, 0.6) is 0 Å². The summed E-state index contributed by atoms with van der Waals surface area (Å²) >= 11 is 0. The van der Waals surface area contributed by atoms with E-state index in [1.807, 2.05) is 31.3 Å². The first-order valence-electron chi connectivity index (χ1n) is 8.51. The number of fused-ring (bicyclic) bond motifs is 1. The number of anilines is 1. The van der Waals surface area contributed by atoms with Crippen LogP contribution in [0.4, 0.5) is 5.82 Å². The minimum atomic E-state index is -0.626. The van der Waals surface area contributed by atoms with E-state index in [9.17, 15) is 5.11 Å². The fourth-order valence-electron chi connectivity index (χ4n) is 3.21. The fourth-order valence-corrected chi connectivity index (χ4v) is 3.21. The zero-order valence-corrected chi connectivity index (χ0v) is 14.3. The predicted molar refractivity (Wildman–Crippen MR) is 95.3 cm³/mol. The lowest BCUT2D eigenvalue weighted by molar-refractivity contribution is 0.111. The van der Waals surface area contributed by atoms with E-state index in [0.717, 1.165) is 41.7 Å². The third-order valence-electron chi connectivity index (χ3n) is 4.61. The fraction of sp³-hybridized carbons (Fsp3) is 0.368. The minimum Gasteiger partial charge on any atom is -0.458 e. The van der Waals surface area contributed by atoms with Gasteiger partial charge < -0.3 is 19.2 Å². The maximum Gasteiger partial charge on any atom is 0.141 e. The summed E-state index contributed by atoms with van der Waals surface area (Å²) in [4.78, 5) is 10.9. The Bertz CT molecular complexity index is 885. The second kappa shape index (κ2) is 6.46. The summed E-state index contributed by atoms with van der Waals surface area (Å²) < 4.78 is 11.5. The number of aliphatic hydroxyl groups excluding tert-OH is 1. The van der Waals surface area contributed by atoms with Gasteiger partial charge in [0.25, 0.3) is 0 Å². The molecule has 1 aliphatic heterocycles. The minimum absolute atomic E-state index is 0.0483. The molecule has 0 spiro atoms. The zero-order valence-electron chi connectivity index (χ0n) is 14.3. The molecule has 2 aromatic heterocycles. The quantitative estimate of drug-likeness (QED) is 0.784. The molecule has 6 nitrogen and oxygen atoms in total. The monoisotopic (exact) mass is 339 g/mol. The Morgan fingerprint density at radius 3 is 2.84 bits per heavy atom. The lowest BCUT2D eigenvalue weighted by atomic mass is 10.1. The highest BCUT2D eigenvalue weighted by atomic mass is 16.5. The van der Waals surface area contributed by atoms with E-state index in [2.05, 4.69) is 14.9 Å². The lowest BCUT2D eigenvalue weighted by Crippen LogP contribution is -2.31. The summed E-state index contributed by atoms with van der Waals surface area (Å²) in [5.74, 6) is 2.12. The molecule has 25 heavy (non-hydrogen) atoms. The van der Waals surface area contributed by atoms with Crippen LogP contribution in [0.1, 0.15) is 31.6 Å². The molecule has 0 saturated carbocycles. The topological polar surface area (TPSA) is 71.6 Å². The molecule has 6 heteroatoms. The summed E-state index contributed by atoms with van der Waals surface area (Å²) in [6, 6.07) is 9.63. The second-order valence-corrected chi connectivity index (χ2v) is 6.39. The molecule has 3 heterocycles. The van der Waals surface area contributed by atoms with Gasteiger partial charge in [0.15, 0.2) is 0 Å². The summed E-state index contributed by atoms with van der Waals surface area (Å²) in [5, 5.41) is 10.6. The maximum atomic E-state index is 9.66. The van der Waals surface area contributed by atoms with Crippen molar-refractivity contribution < 1.29 is 14.3 Å². The highest BCUT2D eigenvalue weighted by Crippen LogP contribution is 2.32. The van der Waals surface area contributed by atoms with Crippen LogP contribution in [-0.2, 0) is 4.74 Å². The van der Waals surface area contributed by atoms with E-state index in [1.54, 1.807) is 19.3 Å². The largest absolute Gasteiger partial charge is 0.458 e. The lowest BCUT2D eigenvalue weighted by Gasteiger charge is -2.25. The Kier molecular flexibility index (Phi) is 4.15. The van der Waals surface area contributed by atoms with E-state index in [1.165, 1.54) is 0 Å². The van der Waals surface area contributed by atoms with Crippen molar-refractivity contribution in [3.8, 4) is 11.3 Å². The number of aromatic nitrogens is 2. The van der Waals surface area contributed by atoms with Crippen LogP contribution < -0.4 is 4.90 Å². The summed E-state index contributed by atoms with van der Waals surface area (Å²) in [7, 11) is 2.00. The molecule has 1 saturated heterocycles. The van der Waals surface area contributed by atoms with E-state index >= 15 is 0 Å². The molecule has 1 aliphatic rings.